The van der Waals surface area contributed by atoms with E-state index in [-0.39, 0.29) is 24.1 Å². The molecular formula is C13H17FN2O2. The molecule has 1 aromatic rings. The van der Waals surface area contributed by atoms with E-state index in [1.54, 1.807) is 26.0 Å². The molecule has 2 amide bonds. The van der Waals surface area contributed by atoms with Crippen molar-refractivity contribution in [3.05, 3.63) is 35.6 Å². The van der Waals surface area contributed by atoms with Crippen LogP contribution in [0.1, 0.15) is 19.4 Å². The first kappa shape index (κ1) is 14.2. The molecule has 5 heteroatoms. The van der Waals surface area contributed by atoms with Crippen molar-refractivity contribution in [1.82, 2.24) is 5.32 Å². The average molecular weight is 252 g/mol. The van der Waals surface area contributed by atoms with Crippen molar-refractivity contribution in [3.63, 3.8) is 0 Å². The van der Waals surface area contributed by atoms with Gasteiger partial charge in [-0.3, -0.25) is 9.59 Å². The third-order valence-corrected chi connectivity index (χ3v) is 2.54. The quantitative estimate of drug-likeness (QED) is 0.820. The van der Waals surface area contributed by atoms with Gasteiger partial charge in [0.2, 0.25) is 11.8 Å². The Kier molecular flexibility index (Phi) is 4.83. The molecule has 18 heavy (non-hydrogen) atoms. The Bertz CT molecular complexity index is 429. The molecule has 0 heterocycles. The fraction of sp³-hybridized carbons (Fsp3) is 0.385. The predicted molar refractivity (Wildman–Crippen MR) is 66.1 cm³/mol. The normalized spacial score (nSPS) is 12.2. The lowest BCUT2D eigenvalue weighted by atomic mass is 10.0. The van der Waals surface area contributed by atoms with E-state index in [0.717, 1.165) is 5.56 Å². The second-order valence-electron chi connectivity index (χ2n) is 4.45. The van der Waals surface area contributed by atoms with Gasteiger partial charge < -0.3 is 11.1 Å². The van der Waals surface area contributed by atoms with E-state index in [2.05, 4.69) is 5.32 Å². The maximum Gasteiger partial charge on any atom is 0.240 e. The van der Waals surface area contributed by atoms with Crippen LogP contribution < -0.4 is 11.1 Å². The highest BCUT2D eigenvalue weighted by Gasteiger charge is 2.19. The van der Waals surface area contributed by atoms with Gasteiger partial charge in [0.05, 0.1) is 0 Å². The van der Waals surface area contributed by atoms with Crippen LogP contribution >= 0.6 is 0 Å². The molecule has 1 atom stereocenters. The third kappa shape index (κ3) is 4.16. The molecule has 0 saturated heterocycles. The molecule has 0 saturated carbocycles. The Morgan fingerprint density at radius 1 is 1.28 bits per heavy atom. The molecule has 0 bridgehead atoms. The van der Waals surface area contributed by atoms with E-state index in [9.17, 15) is 14.0 Å². The van der Waals surface area contributed by atoms with E-state index in [1.807, 2.05) is 0 Å². The minimum absolute atomic E-state index is 0.222. The molecule has 0 aromatic heterocycles. The predicted octanol–water partition coefficient (Wildman–Crippen LogP) is 0.994. The fourth-order valence-electron chi connectivity index (χ4n) is 1.42. The molecule has 0 aliphatic rings. The van der Waals surface area contributed by atoms with Gasteiger partial charge in [-0.2, -0.15) is 0 Å². The zero-order valence-electron chi connectivity index (χ0n) is 10.4. The molecule has 1 rings (SSSR count). The molecule has 0 aliphatic heterocycles. The molecule has 0 radical (unpaired) electrons. The number of amides is 2. The highest BCUT2D eigenvalue weighted by atomic mass is 19.1. The lowest BCUT2D eigenvalue weighted by molar-refractivity contribution is -0.129. The standard InChI is InChI=1S/C13H17FN2O2/c1-8(2)13(18)16-11(12(15)17)7-9-3-5-10(14)6-4-9/h3-6,8,11H,7H2,1-2H3,(H2,15,17)(H,16,18)/t11-/m1/s1. The smallest absolute Gasteiger partial charge is 0.240 e. The molecule has 0 spiro atoms. The number of rotatable bonds is 5. The maximum absolute atomic E-state index is 12.7. The van der Waals surface area contributed by atoms with E-state index >= 15 is 0 Å². The lowest BCUT2D eigenvalue weighted by Crippen LogP contribution is -2.47. The zero-order valence-corrected chi connectivity index (χ0v) is 10.4. The summed E-state index contributed by atoms with van der Waals surface area (Å²) < 4.78 is 12.7. The SMILES string of the molecule is CC(C)C(=O)N[C@H](Cc1ccc(F)cc1)C(N)=O. The Morgan fingerprint density at radius 2 is 1.83 bits per heavy atom. The van der Waals surface area contributed by atoms with Crippen LogP contribution in [0, 0.1) is 11.7 Å². The van der Waals surface area contributed by atoms with Crippen molar-refractivity contribution in [2.45, 2.75) is 26.3 Å². The van der Waals surface area contributed by atoms with Gasteiger partial charge in [0.1, 0.15) is 11.9 Å². The van der Waals surface area contributed by atoms with Crippen LogP contribution in [0.2, 0.25) is 0 Å². The summed E-state index contributed by atoms with van der Waals surface area (Å²) in [6, 6.07) is 4.96. The average Bonchev–Trinajstić information content (AvgIpc) is 2.30. The van der Waals surface area contributed by atoms with E-state index in [0.29, 0.717) is 0 Å². The number of hydrogen-bond donors (Lipinski definition) is 2. The van der Waals surface area contributed by atoms with Crippen LogP contribution in [-0.2, 0) is 16.0 Å². The molecule has 4 nitrogen and oxygen atoms in total. The van der Waals surface area contributed by atoms with Crippen LogP contribution in [0.15, 0.2) is 24.3 Å². The van der Waals surface area contributed by atoms with Gasteiger partial charge in [-0.1, -0.05) is 26.0 Å². The Morgan fingerprint density at radius 3 is 2.28 bits per heavy atom. The van der Waals surface area contributed by atoms with Crippen LogP contribution in [0.25, 0.3) is 0 Å². The van der Waals surface area contributed by atoms with Crippen LogP contribution in [-0.4, -0.2) is 17.9 Å². The molecule has 1 aromatic carbocycles. The molecular weight excluding hydrogens is 235 g/mol. The summed E-state index contributed by atoms with van der Waals surface area (Å²) in [5.74, 6) is -1.41. The van der Waals surface area contributed by atoms with E-state index in [1.165, 1.54) is 12.1 Å². The molecule has 3 N–H and O–H groups in total. The van der Waals surface area contributed by atoms with E-state index < -0.39 is 11.9 Å². The van der Waals surface area contributed by atoms with Gasteiger partial charge >= 0.3 is 0 Å². The van der Waals surface area contributed by atoms with Crippen LogP contribution in [0.5, 0.6) is 0 Å². The second kappa shape index (κ2) is 6.14. The number of halogens is 1. The van der Waals surface area contributed by atoms with Crippen LogP contribution in [0.4, 0.5) is 4.39 Å². The summed E-state index contributed by atoms with van der Waals surface area (Å²) in [6.45, 7) is 3.45. The summed E-state index contributed by atoms with van der Waals surface area (Å²) in [4.78, 5) is 22.8. The second-order valence-corrected chi connectivity index (χ2v) is 4.45. The number of nitrogens with one attached hydrogen (secondary N) is 1. The largest absolute Gasteiger partial charge is 0.368 e. The number of benzene rings is 1. The lowest BCUT2D eigenvalue weighted by Gasteiger charge is -2.17. The molecule has 0 unspecified atom stereocenters. The topological polar surface area (TPSA) is 72.2 Å². The van der Waals surface area contributed by atoms with Gasteiger partial charge in [-0.25, -0.2) is 4.39 Å². The monoisotopic (exact) mass is 252 g/mol. The Hall–Kier alpha value is -1.91. The van der Waals surface area contributed by atoms with Gasteiger partial charge in [0.25, 0.3) is 0 Å². The molecule has 0 fully saturated rings. The number of carbonyl (C=O) groups is 2. The zero-order chi connectivity index (χ0) is 13.7. The third-order valence-electron chi connectivity index (χ3n) is 2.54. The first-order valence-corrected chi connectivity index (χ1v) is 5.74. The summed E-state index contributed by atoms with van der Waals surface area (Å²) in [5, 5.41) is 2.57. The molecule has 98 valence electrons. The highest BCUT2D eigenvalue weighted by molar-refractivity contribution is 5.87. The summed E-state index contributed by atoms with van der Waals surface area (Å²) in [5.41, 5.74) is 5.98. The maximum atomic E-state index is 12.7. The first-order chi connectivity index (χ1) is 8.40. The van der Waals surface area contributed by atoms with Crippen molar-refractivity contribution < 1.29 is 14.0 Å². The summed E-state index contributed by atoms with van der Waals surface area (Å²) >= 11 is 0. The van der Waals surface area contributed by atoms with Gasteiger partial charge in [-0.15, -0.1) is 0 Å². The van der Waals surface area contributed by atoms with Crippen molar-refractivity contribution in [2.75, 3.05) is 0 Å². The van der Waals surface area contributed by atoms with Crippen molar-refractivity contribution >= 4 is 11.8 Å². The Labute approximate surface area is 105 Å². The van der Waals surface area contributed by atoms with Crippen molar-refractivity contribution in [1.29, 1.82) is 0 Å². The first-order valence-electron chi connectivity index (χ1n) is 5.74. The highest BCUT2D eigenvalue weighted by Crippen LogP contribution is 2.06. The molecule has 0 aliphatic carbocycles. The van der Waals surface area contributed by atoms with Gasteiger partial charge in [0, 0.05) is 12.3 Å². The van der Waals surface area contributed by atoms with Gasteiger partial charge in [-0.05, 0) is 17.7 Å². The minimum Gasteiger partial charge on any atom is -0.368 e. The van der Waals surface area contributed by atoms with E-state index in [4.69, 9.17) is 5.73 Å². The van der Waals surface area contributed by atoms with Crippen LogP contribution in [0.3, 0.4) is 0 Å². The number of nitrogens with two attached hydrogens (primary N) is 1. The number of carbonyl (C=O) groups excluding carboxylic acids is 2. The fourth-order valence-corrected chi connectivity index (χ4v) is 1.42. The number of hydrogen-bond acceptors (Lipinski definition) is 2. The van der Waals surface area contributed by atoms with Crippen molar-refractivity contribution in [2.24, 2.45) is 11.7 Å². The van der Waals surface area contributed by atoms with Gasteiger partial charge in [0.15, 0.2) is 0 Å². The minimum atomic E-state index is -0.773. The van der Waals surface area contributed by atoms with Crippen molar-refractivity contribution in [3.8, 4) is 0 Å². The summed E-state index contributed by atoms with van der Waals surface area (Å²) in [7, 11) is 0. The number of primary amides is 1. The summed E-state index contributed by atoms with van der Waals surface area (Å²) in [6.07, 6.45) is 0.258. The Balaban J connectivity index is 2.72.